The van der Waals surface area contributed by atoms with Gasteiger partial charge in [0.2, 0.25) is 0 Å². The van der Waals surface area contributed by atoms with E-state index in [9.17, 15) is 25.0 Å². The van der Waals surface area contributed by atoms with Crippen molar-refractivity contribution in [1.82, 2.24) is 0 Å². The van der Waals surface area contributed by atoms with Gasteiger partial charge in [-0.25, -0.2) is 4.79 Å². The molecule has 0 atom stereocenters. The average Bonchev–Trinajstić information content (AvgIpc) is 2.57. The van der Waals surface area contributed by atoms with Gasteiger partial charge in [-0.05, 0) is 31.4 Å². The van der Waals surface area contributed by atoms with Crippen LogP contribution in [0.1, 0.15) is 63.5 Å². The highest BCUT2D eigenvalue weighted by Gasteiger charge is 2.29. The van der Waals surface area contributed by atoms with E-state index in [0.29, 0.717) is 6.42 Å². The molecule has 1 aromatic carbocycles. The highest BCUT2D eigenvalue weighted by Crippen LogP contribution is 2.30. The normalized spacial score (nSPS) is 11.8. The summed E-state index contributed by atoms with van der Waals surface area (Å²) in [6.07, 6.45) is 7.30. The summed E-state index contributed by atoms with van der Waals surface area (Å²) in [5, 5.41) is 31.3. The lowest BCUT2D eigenvalue weighted by Gasteiger charge is -2.07. The van der Waals surface area contributed by atoms with Gasteiger partial charge in [0, 0.05) is 11.6 Å². The van der Waals surface area contributed by atoms with Gasteiger partial charge in [-0.15, -0.1) is 0 Å². The minimum Gasteiger partial charge on any atom is -0.473 e. The van der Waals surface area contributed by atoms with Crippen LogP contribution in [0.5, 0.6) is 0 Å². The zero-order chi connectivity index (χ0) is 19.7. The third-order valence-corrected chi connectivity index (χ3v) is 4.22. The topological polar surface area (TPSA) is 124 Å². The van der Waals surface area contributed by atoms with Crippen molar-refractivity contribution in [1.29, 1.82) is 0 Å². The Balaban J connectivity index is 3.03. The molecular weight excluding hydrogens is 340 g/mol. The van der Waals surface area contributed by atoms with E-state index in [2.05, 4.69) is 6.92 Å². The minimum absolute atomic E-state index is 0.0456. The van der Waals surface area contributed by atoms with E-state index in [1.807, 2.05) is 0 Å². The molecule has 0 bridgehead atoms. The Bertz CT molecular complexity index is 696. The maximum Gasteiger partial charge on any atom is 0.407 e. The van der Waals surface area contributed by atoms with E-state index in [1.165, 1.54) is 38.3 Å². The van der Waals surface area contributed by atoms with Crippen molar-refractivity contribution in [2.24, 2.45) is 0 Å². The fourth-order valence-electron chi connectivity index (χ4n) is 2.81. The smallest absolute Gasteiger partial charge is 0.407 e. The summed E-state index contributed by atoms with van der Waals surface area (Å²) >= 11 is 0. The van der Waals surface area contributed by atoms with Crippen molar-refractivity contribution in [2.75, 3.05) is 0 Å². The lowest BCUT2D eigenvalue weighted by atomic mass is 9.98. The van der Waals surface area contributed by atoms with Crippen LogP contribution >= 0.6 is 0 Å². The van der Waals surface area contributed by atoms with E-state index >= 15 is 0 Å². The highest BCUT2D eigenvalue weighted by atomic mass is 16.6. The molecule has 8 heteroatoms. The van der Waals surface area contributed by atoms with Gasteiger partial charge in [0.05, 0.1) is 15.4 Å². The monoisotopic (exact) mass is 364 g/mol. The number of carbonyl (C=O) groups is 1. The molecule has 0 amide bonds. The summed E-state index contributed by atoms with van der Waals surface area (Å²) in [6.45, 7) is 3.35. The quantitative estimate of drug-likeness (QED) is 0.265. The first kappa shape index (κ1) is 21.3. The van der Waals surface area contributed by atoms with Gasteiger partial charge in [0.1, 0.15) is 0 Å². The van der Waals surface area contributed by atoms with E-state index in [0.717, 1.165) is 24.8 Å². The zero-order valence-electron chi connectivity index (χ0n) is 15.1. The van der Waals surface area contributed by atoms with Crippen molar-refractivity contribution < 1.29 is 19.7 Å². The van der Waals surface area contributed by atoms with Crippen LogP contribution < -0.4 is 0 Å². The van der Waals surface area contributed by atoms with Gasteiger partial charge in [-0.3, -0.25) is 20.2 Å². The van der Waals surface area contributed by atoms with Gasteiger partial charge in [0.15, 0.2) is 0 Å². The summed E-state index contributed by atoms with van der Waals surface area (Å²) in [5.41, 5.74) is -0.888. The number of hydrogen-bond donors (Lipinski definition) is 1. The van der Waals surface area contributed by atoms with Crippen molar-refractivity contribution in [3.63, 3.8) is 0 Å². The van der Waals surface area contributed by atoms with E-state index in [4.69, 9.17) is 5.11 Å². The van der Waals surface area contributed by atoms with Crippen molar-refractivity contribution in [2.45, 2.75) is 58.8 Å². The second kappa shape index (κ2) is 10.3. The number of unbranched alkanes of at least 4 members (excludes halogenated alkanes) is 5. The van der Waals surface area contributed by atoms with E-state index in [1.54, 1.807) is 6.07 Å². The number of hydrogen-bond acceptors (Lipinski definition) is 5. The molecule has 26 heavy (non-hydrogen) atoms. The molecule has 0 aliphatic heterocycles. The summed E-state index contributed by atoms with van der Waals surface area (Å²) in [4.78, 5) is 31.7. The highest BCUT2D eigenvalue weighted by molar-refractivity contribution is 5.94. The molecule has 1 rings (SSSR count). The summed E-state index contributed by atoms with van der Waals surface area (Å²) in [5.74, 6) is -1.72. The molecule has 0 aromatic heterocycles. The number of aryl methyl sites for hydroxylation is 1. The number of rotatable bonds is 11. The third-order valence-electron chi connectivity index (χ3n) is 4.22. The van der Waals surface area contributed by atoms with Crippen LogP contribution in [-0.4, -0.2) is 20.9 Å². The van der Waals surface area contributed by atoms with Crippen molar-refractivity contribution in [3.8, 4) is 0 Å². The fourth-order valence-corrected chi connectivity index (χ4v) is 2.81. The number of allylic oxidation sites excluding steroid dienone is 1. The molecule has 1 N–H and O–H groups in total. The van der Waals surface area contributed by atoms with E-state index < -0.39 is 21.5 Å². The van der Waals surface area contributed by atoms with Gasteiger partial charge in [-0.2, -0.15) is 0 Å². The molecule has 0 spiro atoms. The molecule has 142 valence electrons. The van der Waals surface area contributed by atoms with Crippen LogP contribution in [0.2, 0.25) is 0 Å². The molecule has 0 saturated carbocycles. The number of carboxylic acid groups (broad SMARTS) is 1. The number of nitro benzene ring substituents is 1. The Kier molecular flexibility index (Phi) is 8.41. The van der Waals surface area contributed by atoms with Gasteiger partial charge >= 0.3 is 11.7 Å². The summed E-state index contributed by atoms with van der Waals surface area (Å²) in [7, 11) is 0. The van der Waals surface area contributed by atoms with Crippen LogP contribution in [0.25, 0.3) is 5.57 Å². The lowest BCUT2D eigenvalue weighted by molar-refractivity contribution is -0.420. The second-order valence-electron chi connectivity index (χ2n) is 6.16. The Morgan fingerprint density at radius 3 is 2.23 bits per heavy atom. The van der Waals surface area contributed by atoms with Gasteiger partial charge in [-0.1, -0.05) is 45.1 Å². The number of benzene rings is 1. The maximum atomic E-state index is 11.4. The first-order valence-electron chi connectivity index (χ1n) is 8.65. The van der Waals surface area contributed by atoms with Crippen molar-refractivity contribution >= 4 is 17.2 Å². The Morgan fingerprint density at radius 1 is 1.08 bits per heavy atom. The molecule has 8 nitrogen and oxygen atoms in total. The van der Waals surface area contributed by atoms with Crippen LogP contribution in [0.3, 0.4) is 0 Å². The maximum absolute atomic E-state index is 11.4. The number of nitro groups is 2. The molecule has 0 aliphatic rings. The Hall–Kier alpha value is -2.77. The Labute approximate surface area is 151 Å². The lowest BCUT2D eigenvalue weighted by Crippen LogP contribution is -2.12. The van der Waals surface area contributed by atoms with E-state index in [-0.39, 0.29) is 16.8 Å². The molecular formula is C18H24N2O6. The molecule has 0 unspecified atom stereocenters. The van der Waals surface area contributed by atoms with Crippen LogP contribution in [0, 0.1) is 20.2 Å². The number of nitrogens with zero attached hydrogens (tertiary/aromatic N) is 2. The molecule has 0 saturated heterocycles. The SMILES string of the molecule is CCCCCCCCc1ccc(/C(C)=C(\C(=O)O)[N+](=O)[O-])c([N+](=O)[O-])c1. The number of aliphatic carboxylic acids is 1. The largest absolute Gasteiger partial charge is 0.473 e. The number of carboxylic acids is 1. The Morgan fingerprint density at radius 2 is 1.69 bits per heavy atom. The van der Waals surface area contributed by atoms with Crippen LogP contribution in [0.4, 0.5) is 5.69 Å². The average molecular weight is 364 g/mol. The first-order chi connectivity index (χ1) is 12.3. The standard InChI is InChI=1S/C18H24N2O6/c1-3-4-5-6-7-8-9-14-10-11-15(16(12-14)19(23)24)13(2)17(18(21)22)20(25)26/h10-12H,3-9H2,1-2H3,(H,21,22)/b17-13+. The molecule has 0 radical (unpaired) electrons. The minimum atomic E-state index is -1.72. The zero-order valence-corrected chi connectivity index (χ0v) is 15.1. The van der Waals surface area contributed by atoms with Crippen molar-refractivity contribution in [3.05, 3.63) is 55.3 Å². The predicted octanol–water partition coefficient (Wildman–Crippen LogP) is 4.59. The predicted molar refractivity (Wildman–Crippen MR) is 97.4 cm³/mol. The fraction of sp³-hybridized carbons (Fsp3) is 0.500. The van der Waals surface area contributed by atoms with Crippen LogP contribution in [0.15, 0.2) is 23.9 Å². The van der Waals surface area contributed by atoms with Gasteiger partial charge in [0.25, 0.3) is 5.69 Å². The first-order valence-corrected chi connectivity index (χ1v) is 8.65. The molecule has 0 fully saturated rings. The van der Waals surface area contributed by atoms with Gasteiger partial charge < -0.3 is 5.11 Å². The second-order valence-corrected chi connectivity index (χ2v) is 6.16. The molecule has 1 aromatic rings. The summed E-state index contributed by atoms with van der Waals surface area (Å²) in [6, 6.07) is 4.44. The third kappa shape index (κ3) is 5.94. The summed E-state index contributed by atoms with van der Waals surface area (Å²) < 4.78 is 0. The molecule has 0 aliphatic carbocycles. The van der Waals surface area contributed by atoms with Crippen LogP contribution in [-0.2, 0) is 11.2 Å². The molecule has 0 heterocycles.